The molecule has 132 valence electrons. The van der Waals surface area contributed by atoms with Gasteiger partial charge in [0.15, 0.2) is 12.4 Å². The van der Waals surface area contributed by atoms with Gasteiger partial charge >= 0.3 is 11.9 Å². The molecule has 2 rings (SSSR count). The van der Waals surface area contributed by atoms with E-state index in [0.29, 0.717) is 16.7 Å². The second-order valence-corrected chi connectivity index (χ2v) is 5.76. The van der Waals surface area contributed by atoms with E-state index in [9.17, 15) is 18.4 Å². The Balaban J connectivity index is 2.12. The van der Waals surface area contributed by atoms with Gasteiger partial charge in [-0.05, 0) is 18.6 Å². The van der Waals surface area contributed by atoms with Crippen molar-refractivity contribution in [3.8, 4) is 0 Å². The van der Waals surface area contributed by atoms with Crippen molar-refractivity contribution in [3.05, 3.63) is 71.3 Å². The van der Waals surface area contributed by atoms with E-state index in [4.69, 9.17) is 0 Å². The quantitative estimate of drug-likeness (QED) is 0.617. The van der Waals surface area contributed by atoms with E-state index in [1.807, 2.05) is 6.07 Å². The van der Waals surface area contributed by atoms with Crippen LogP contribution >= 0.6 is 0 Å². The predicted octanol–water partition coefficient (Wildman–Crippen LogP) is 2.44. The lowest BCUT2D eigenvalue weighted by Gasteiger charge is -2.16. The van der Waals surface area contributed by atoms with E-state index in [-0.39, 0.29) is 5.78 Å². The van der Waals surface area contributed by atoms with Crippen LogP contribution in [0.5, 0.6) is 0 Å². The Hall–Kier alpha value is -2.60. The smallest absolute Gasteiger partial charge is 0.328 e. The lowest BCUT2D eigenvalue weighted by molar-refractivity contribution is -0.409. The van der Waals surface area contributed by atoms with Crippen LogP contribution in [0.15, 0.2) is 54.6 Å². The van der Waals surface area contributed by atoms with Crippen molar-refractivity contribution in [1.82, 2.24) is 0 Å². The number of ether oxygens (including phenoxy) is 1. The molecule has 3 N–H and O–H groups in total. The summed E-state index contributed by atoms with van der Waals surface area (Å²) in [7, 11) is 0. The molecule has 0 aliphatic carbocycles. The number of benzene rings is 2. The Morgan fingerprint density at radius 2 is 1.72 bits per heavy atom. The van der Waals surface area contributed by atoms with Gasteiger partial charge in [-0.3, -0.25) is 9.59 Å². The Morgan fingerprint density at radius 3 is 2.36 bits per heavy atom. The highest BCUT2D eigenvalue weighted by atomic mass is 19.3. The van der Waals surface area contributed by atoms with Gasteiger partial charge in [0.1, 0.15) is 6.54 Å². The summed E-state index contributed by atoms with van der Waals surface area (Å²) in [5, 5.41) is 0. The number of hydrogen-bond donors (Lipinski definition) is 1. The predicted molar refractivity (Wildman–Crippen MR) is 88.4 cm³/mol. The van der Waals surface area contributed by atoms with Gasteiger partial charge in [-0.1, -0.05) is 48.5 Å². The number of halogens is 2. The minimum absolute atomic E-state index is 0.174. The van der Waals surface area contributed by atoms with Crippen molar-refractivity contribution in [3.63, 3.8) is 0 Å². The molecule has 0 saturated heterocycles. The van der Waals surface area contributed by atoms with Crippen molar-refractivity contribution < 1.29 is 28.8 Å². The largest absolute Gasteiger partial charge is 0.459 e. The number of alkyl halides is 2. The third-order valence-corrected chi connectivity index (χ3v) is 3.83. The summed E-state index contributed by atoms with van der Waals surface area (Å²) < 4.78 is 31.0. The molecule has 0 unspecified atom stereocenters. The molecule has 2 aromatic carbocycles. The molecule has 0 fully saturated rings. The maximum atomic E-state index is 13.2. The number of ketones is 1. The molecule has 0 saturated carbocycles. The average molecular weight is 348 g/mol. The van der Waals surface area contributed by atoms with Gasteiger partial charge in [0.2, 0.25) is 0 Å². The Labute approximate surface area is 144 Å². The second kappa shape index (κ2) is 7.98. The van der Waals surface area contributed by atoms with Crippen LogP contribution in [0.2, 0.25) is 0 Å². The molecule has 25 heavy (non-hydrogen) atoms. The van der Waals surface area contributed by atoms with Gasteiger partial charge in [0, 0.05) is 11.1 Å². The van der Waals surface area contributed by atoms with Crippen molar-refractivity contribution in [2.45, 2.75) is 18.8 Å². The fourth-order valence-corrected chi connectivity index (χ4v) is 2.22. The van der Waals surface area contributed by atoms with Gasteiger partial charge in [-0.15, -0.1) is 0 Å². The van der Waals surface area contributed by atoms with Crippen molar-refractivity contribution in [2.75, 3.05) is 13.2 Å². The summed E-state index contributed by atoms with van der Waals surface area (Å²) in [5.74, 6) is -4.84. The normalized spacial score (nSPS) is 12.5. The van der Waals surface area contributed by atoms with E-state index in [1.165, 1.54) is 0 Å². The van der Waals surface area contributed by atoms with Crippen molar-refractivity contribution in [1.29, 1.82) is 0 Å². The molecule has 6 heteroatoms. The van der Waals surface area contributed by atoms with E-state index in [0.717, 1.165) is 0 Å². The van der Waals surface area contributed by atoms with Crippen molar-refractivity contribution in [2.24, 2.45) is 0 Å². The van der Waals surface area contributed by atoms with E-state index in [1.54, 1.807) is 55.5 Å². The number of carbonyl (C=O) groups is 2. The molecular weight excluding hydrogens is 328 g/mol. The van der Waals surface area contributed by atoms with Crippen LogP contribution in [0, 0.1) is 0 Å². The first-order valence-electron chi connectivity index (χ1n) is 7.87. The molecule has 0 radical (unpaired) electrons. The van der Waals surface area contributed by atoms with Crippen LogP contribution in [0.25, 0.3) is 0 Å². The third-order valence-electron chi connectivity index (χ3n) is 3.83. The van der Waals surface area contributed by atoms with Crippen LogP contribution < -0.4 is 5.73 Å². The summed E-state index contributed by atoms with van der Waals surface area (Å²) in [5.41, 5.74) is 4.61. The standard InChI is InChI=1S/C19H19F2NO3/c1-13(18(24)25-12-19(20,21)11-22)15-8-5-9-16(10-15)17(23)14-6-3-2-4-7-14/h2-10,13H,11-12,22H2,1H3/p+1/t13-/m1/s1. The van der Waals surface area contributed by atoms with Gasteiger partial charge in [-0.2, -0.15) is 8.78 Å². The summed E-state index contributed by atoms with van der Waals surface area (Å²) in [6.07, 6.45) is 0. The van der Waals surface area contributed by atoms with E-state index < -0.39 is 31.0 Å². The lowest BCUT2D eigenvalue weighted by atomic mass is 9.96. The number of quaternary nitrogens is 1. The van der Waals surface area contributed by atoms with Crippen LogP contribution in [0.3, 0.4) is 0 Å². The molecule has 0 aliphatic rings. The zero-order valence-corrected chi connectivity index (χ0v) is 13.9. The SMILES string of the molecule is C[C@@H](C(=O)OCC(F)(F)C[NH3+])c1cccc(C(=O)c2ccccc2)c1. The van der Waals surface area contributed by atoms with Gasteiger partial charge < -0.3 is 10.5 Å². The molecule has 0 aliphatic heterocycles. The van der Waals surface area contributed by atoms with Crippen LogP contribution in [-0.2, 0) is 9.53 Å². The number of carbonyl (C=O) groups excluding carboxylic acids is 2. The first-order chi connectivity index (χ1) is 11.8. The molecule has 0 bridgehead atoms. The van der Waals surface area contributed by atoms with Gasteiger partial charge in [0.05, 0.1) is 5.92 Å². The minimum Gasteiger partial charge on any atom is -0.459 e. The van der Waals surface area contributed by atoms with Gasteiger partial charge in [-0.25, -0.2) is 0 Å². The highest BCUT2D eigenvalue weighted by Gasteiger charge is 2.32. The lowest BCUT2D eigenvalue weighted by Crippen LogP contribution is -2.59. The van der Waals surface area contributed by atoms with Crippen LogP contribution in [0.1, 0.15) is 34.3 Å². The molecule has 0 spiro atoms. The second-order valence-electron chi connectivity index (χ2n) is 5.76. The zero-order valence-electron chi connectivity index (χ0n) is 13.9. The van der Waals surface area contributed by atoms with Crippen LogP contribution in [-0.4, -0.2) is 30.8 Å². The Morgan fingerprint density at radius 1 is 1.08 bits per heavy atom. The molecule has 2 aromatic rings. The highest BCUT2D eigenvalue weighted by molar-refractivity contribution is 6.09. The summed E-state index contributed by atoms with van der Waals surface area (Å²) in [6, 6.07) is 15.3. The maximum Gasteiger partial charge on any atom is 0.328 e. The fraction of sp³-hybridized carbons (Fsp3) is 0.263. The number of hydrogen-bond acceptors (Lipinski definition) is 3. The molecular formula is C19H20F2NO3+. The summed E-state index contributed by atoms with van der Waals surface area (Å²) >= 11 is 0. The monoisotopic (exact) mass is 348 g/mol. The first-order valence-corrected chi connectivity index (χ1v) is 7.87. The van der Waals surface area contributed by atoms with E-state index >= 15 is 0 Å². The number of esters is 1. The Kier molecular flexibility index (Phi) is 5.98. The molecule has 0 heterocycles. The molecule has 0 amide bonds. The average Bonchev–Trinajstić information content (AvgIpc) is 2.65. The molecule has 4 nitrogen and oxygen atoms in total. The summed E-state index contributed by atoms with van der Waals surface area (Å²) in [4.78, 5) is 24.5. The fourth-order valence-electron chi connectivity index (χ4n) is 2.22. The zero-order chi connectivity index (χ0) is 18.4. The highest BCUT2D eigenvalue weighted by Crippen LogP contribution is 2.21. The summed E-state index contributed by atoms with van der Waals surface area (Å²) in [6.45, 7) is -0.0885. The number of rotatable bonds is 7. The van der Waals surface area contributed by atoms with Crippen LogP contribution in [0.4, 0.5) is 8.78 Å². The Bertz CT molecular complexity index is 747. The van der Waals surface area contributed by atoms with Gasteiger partial charge in [0.25, 0.3) is 0 Å². The maximum absolute atomic E-state index is 13.2. The third kappa shape index (κ3) is 4.93. The van der Waals surface area contributed by atoms with Crippen molar-refractivity contribution >= 4 is 11.8 Å². The minimum atomic E-state index is -3.14. The topological polar surface area (TPSA) is 71.0 Å². The molecule has 1 atom stereocenters. The van der Waals surface area contributed by atoms with E-state index in [2.05, 4.69) is 10.5 Å². The molecule has 0 aromatic heterocycles. The first kappa shape index (κ1) is 18.7.